The lowest BCUT2D eigenvalue weighted by molar-refractivity contribution is 0.0955. The topological polar surface area (TPSA) is 55.1 Å². The Morgan fingerprint density at radius 3 is 2.67 bits per heavy atom. The minimum absolute atomic E-state index is 0.0577. The van der Waals surface area contributed by atoms with Gasteiger partial charge in [-0.05, 0) is 47.3 Å². The van der Waals surface area contributed by atoms with Crippen LogP contribution in [0, 0.1) is 0 Å². The van der Waals surface area contributed by atoms with E-state index in [1.165, 1.54) is 11.3 Å². The molecule has 1 aromatic heterocycles. The maximum absolute atomic E-state index is 12.2. The van der Waals surface area contributed by atoms with Crippen LogP contribution in [0.1, 0.15) is 15.2 Å². The Balaban J connectivity index is 1.73. The van der Waals surface area contributed by atoms with Gasteiger partial charge in [-0.15, -0.1) is 11.3 Å². The first-order valence-corrected chi connectivity index (χ1v) is 8.04. The van der Waals surface area contributed by atoms with Crippen LogP contribution in [-0.4, -0.2) is 5.91 Å². The molecule has 0 spiro atoms. The summed E-state index contributed by atoms with van der Waals surface area (Å²) in [5, 5.41) is 3.94. The van der Waals surface area contributed by atoms with Gasteiger partial charge in [0.1, 0.15) is 0 Å². The molecule has 3 nitrogen and oxygen atoms in total. The lowest BCUT2D eigenvalue weighted by atomic mass is 10.2. The zero-order valence-corrected chi connectivity index (χ0v) is 13.5. The molecule has 3 rings (SSSR count). The number of amides is 1. The Kier molecular flexibility index (Phi) is 3.94. The average Bonchev–Trinajstić information content (AvgIpc) is 2.89. The van der Waals surface area contributed by atoms with Crippen LogP contribution in [0.4, 0.5) is 5.69 Å². The molecule has 2 aromatic carbocycles. The normalized spacial score (nSPS) is 10.7. The van der Waals surface area contributed by atoms with E-state index in [4.69, 9.17) is 5.73 Å². The van der Waals surface area contributed by atoms with Crippen molar-refractivity contribution in [1.29, 1.82) is 0 Å². The second-order valence-electron chi connectivity index (χ2n) is 4.72. The first-order valence-electron chi connectivity index (χ1n) is 6.43. The molecule has 21 heavy (non-hydrogen) atoms. The zero-order valence-electron chi connectivity index (χ0n) is 11.1. The summed E-state index contributed by atoms with van der Waals surface area (Å²) in [6.07, 6.45) is 0. The number of rotatable bonds is 3. The molecule has 1 heterocycles. The van der Waals surface area contributed by atoms with Crippen LogP contribution in [0.15, 0.2) is 53.0 Å². The molecule has 0 aliphatic heterocycles. The number of carbonyl (C=O) groups is 1. The van der Waals surface area contributed by atoms with Gasteiger partial charge in [0.15, 0.2) is 0 Å². The number of nitrogen functional groups attached to an aromatic ring is 1. The number of carbonyl (C=O) groups excluding carboxylic acids is 1. The van der Waals surface area contributed by atoms with Crippen LogP contribution in [-0.2, 0) is 6.54 Å². The second-order valence-corrected chi connectivity index (χ2v) is 6.72. The molecule has 0 saturated carbocycles. The molecule has 0 radical (unpaired) electrons. The van der Waals surface area contributed by atoms with Gasteiger partial charge in [0.25, 0.3) is 5.91 Å². The minimum atomic E-state index is -0.0577. The molecular formula is C16H13BrN2OS. The molecule has 3 aromatic rings. The molecule has 106 valence electrons. The number of hydrogen-bond donors (Lipinski definition) is 2. The van der Waals surface area contributed by atoms with E-state index in [-0.39, 0.29) is 5.91 Å². The molecule has 0 aliphatic rings. The van der Waals surface area contributed by atoms with E-state index in [0.29, 0.717) is 17.1 Å². The van der Waals surface area contributed by atoms with E-state index >= 15 is 0 Å². The fraction of sp³-hybridized carbons (Fsp3) is 0.0625. The van der Waals surface area contributed by atoms with Gasteiger partial charge < -0.3 is 11.1 Å². The SMILES string of the molecule is Nc1ccc2sc(C(=O)NCc3ccc(Br)cc3)cc2c1. The maximum Gasteiger partial charge on any atom is 0.261 e. The molecule has 0 atom stereocenters. The summed E-state index contributed by atoms with van der Waals surface area (Å²) < 4.78 is 2.10. The lowest BCUT2D eigenvalue weighted by Crippen LogP contribution is -2.21. The monoisotopic (exact) mass is 360 g/mol. The number of thiophene rings is 1. The highest BCUT2D eigenvalue weighted by atomic mass is 79.9. The van der Waals surface area contributed by atoms with Crippen LogP contribution < -0.4 is 11.1 Å². The summed E-state index contributed by atoms with van der Waals surface area (Å²) in [6, 6.07) is 15.5. The van der Waals surface area contributed by atoms with Gasteiger partial charge >= 0.3 is 0 Å². The molecule has 0 bridgehead atoms. The van der Waals surface area contributed by atoms with Crippen LogP contribution in [0.5, 0.6) is 0 Å². The van der Waals surface area contributed by atoms with Crippen LogP contribution >= 0.6 is 27.3 Å². The summed E-state index contributed by atoms with van der Waals surface area (Å²) >= 11 is 4.87. The third-order valence-electron chi connectivity index (χ3n) is 3.13. The first kappa shape index (κ1) is 14.1. The summed E-state index contributed by atoms with van der Waals surface area (Å²) in [7, 11) is 0. The van der Waals surface area contributed by atoms with E-state index in [1.807, 2.05) is 48.5 Å². The van der Waals surface area contributed by atoms with Crippen LogP contribution in [0.25, 0.3) is 10.1 Å². The van der Waals surface area contributed by atoms with Crippen molar-refractivity contribution < 1.29 is 4.79 Å². The Morgan fingerprint density at radius 2 is 1.90 bits per heavy atom. The fourth-order valence-corrected chi connectivity index (χ4v) is 3.27. The highest BCUT2D eigenvalue weighted by Crippen LogP contribution is 2.27. The van der Waals surface area contributed by atoms with Crippen molar-refractivity contribution in [1.82, 2.24) is 5.32 Å². The summed E-state index contributed by atoms with van der Waals surface area (Å²) in [5.41, 5.74) is 7.53. The predicted molar refractivity (Wildman–Crippen MR) is 91.5 cm³/mol. The standard InChI is InChI=1S/C16H13BrN2OS/c17-12-3-1-10(2-4-12)9-19-16(20)15-8-11-7-13(18)5-6-14(11)21-15/h1-8H,9,18H2,(H,19,20). The van der Waals surface area contributed by atoms with Gasteiger partial charge in [-0.25, -0.2) is 0 Å². The third-order valence-corrected chi connectivity index (χ3v) is 4.77. The minimum Gasteiger partial charge on any atom is -0.399 e. The predicted octanol–water partition coefficient (Wildman–Crippen LogP) is 4.18. The fourth-order valence-electron chi connectivity index (χ4n) is 2.05. The van der Waals surface area contributed by atoms with Crippen molar-refractivity contribution in [2.45, 2.75) is 6.54 Å². The number of anilines is 1. The molecule has 0 unspecified atom stereocenters. The zero-order chi connectivity index (χ0) is 14.8. The Morgan fingerprint density at radius 1 is 1.14 bits per heavy atom. The van der Waals surface area contributed by atoms with E-state index in [0.717, 1.165) is 20.1 Å². The molecule has 5 heteroatoms. The van der Waals surface area contributed by atoms with Gasteiger partial charge in [0.05, 0.1) is 4.88 Å². The quantitative estimate of drug-likeness (QED) is 0.688. The number of nitrogens with two attached hydrogens (primary N) is 1. The largest absolute Gasteiger partial charge is 0.399 e. The second kappa shape index (κ2) is 5.87. The van der Waals surface area contributed by atoms with E-state index in [2.05, 4.69) is 21.2 Å². The van der Waals surface area contributed by atoms with Crippen molar-refractivity contribution in [3.8, 4) is 0 Å². The smallest absolute Gasteiger partial charge is 0.261 e. The van der Waals surface area contributed by atoms with E-state index < -0.39 is 0 Å². The molecular weight excluding hydrogens is 348 g/mol. The van der Waals surface area contributed by atoms with Crippen molar-refractivity contribution >= 4 is 48.9 Å². The highest BCUT2D eigenvalue weighted by Gasteiger charge is 2.10. The Bertz CT molecular complexity index is 796. The molecule has 0 aliphatic carbocycles. The highest BCUT2D eigenvalue weighted by molar-refractivity contribution is 9.10. The first-order chi connectivity index (χ1) is 10.1. The van der Waals surface area contributed by atoms with Crippen molar-refractivity contribution in [2.24, 2.45) is 0 Å². The lowest BCUT2D eigenvalue weighted by Gasteiger charge is -2.03. The number of halogens is 1. The Labute approximate surface area is 134 Å². The number of nitrogens with one attached hydrogen (secondary N) is 1. The van der Waals surface area contributed by atoms with Crippen molar-refractivity contribution in [2.75, 3.05) is 5.73 Å². The molecule has 3 N–H and O–H groups in total. The summed E-state index contributed by atoms with van der Waals surface area (Å²) in [6.45, 7) is 0.516. The van der Waals surface area contributed by atoms with Crippen LogP contribution in [0.2, 0.25) is 0 Å². The van der Waals surface area contributed by atoms with Gasteiger partial charge in [-0.3, -0.25) is 4.79 Å². The van der Waals surface area contributed by atoms with Crippen LogP contribution in [0.3, 0.4) is 0 Å². The van der Waals surface area contributed by atoms with Crippen molar-refractivity contribution in [3.05, 3.63) is 63.4 Å². The van der Waals surface area contributed by atoms with Gasteiger partial charge in [0, 0.05) is 21.4 Å². The van der Waals surface area contributed by atoms with Crippen molar-refractivity contribution in [3.63, 3.8) is 0 Å². The molecule has 0 saturated heterocycles. The average molecular weight is 361 g/mol. The van der Waals surface area contributed by atoms with Gasteiger partial charge in [-0.1, -0.05) is 28.1 Å². The summed E-state index contributed by atoms with van der Waals surface area (Å²) in [4.78, 5) is 12.9. The third kappa shape index (κ3) is 3.25. The van der Waals surface area contributed by atoms with E-state index in [1.54, 1.807) is 0 Å². The Hall–Kier alpha value is -1.85. The van der Waals surface area contributed by atoms with E-state index in [9.17, 15) is 4.79 Å². The number of hydrogen-bond acceptors (Lipinski definition) is 3. The number of benzene rings is 2. The molecule has 0 fully saturated rings. The molecule has 1 amide bonds. The number of fused-ring (bicyclic) bond motifs is 1. The van der Waals surface area contributed by atoms with Gasteiger partial charge in [0.2, 0.25) is 0 Å². The van der Waals surface area contributed by atoms with Gasteiger partial charge in [-0.2, -0.15) is 0 Å². The maximum atomic E-state index is 12.2. The summed E-state index contributed by atoms with van der Waals surface area (Å²) in [5.74, 6) is -0.0577.